The van der Waals surface area contributed by atoms with Gasteiger partial charge >= 0.3 is 0 Å². The maximum Gasteiger partial charge on any atom is 0.260 e. The largest absolute Gasteiger partial charge is 0.494 e. The van der Waals surface area contributed by atoms with Gasteiger partial charge in [0.25, 0.3) is 5.91 Å². The number of carbonyl (C=O) groups is 1. The molecule has 1 aliphatic rings. The van der Waals surface area contributed by atoms with E-state index in [0.717, 1.165) is 31.9 Å². The molecule has 1 saturated heterocycles. The second-order valence-electron chi connectivity index (χ2n) is 8.14. The molecule has 0 aliphatic carbocycles. The van der Waals surface area contributed by atoms with Crippen molar-refractivity contribution in [1.82, 2.24) is 9.97 Å². The molecule has 1 aliphatic heterocycles. The number of nitrogen functional groups attached to an aromatic ring is 1. The summed E-state index contributed by atoms with van der Waals surface area (Å²) in [6.07, 6.45) is 1.50. The first-order valence-electron chi connectivity index (χ1n) is 11.2. The van der Waals surface area contributed by atoms with Gasteiger partial charge in [-0.05, 0) is 62.2 Å². The van der Waals surface area contributed by atoms with Crippen molar-refractivity contribution in [1.29, 1.82) is 0 Å². The summed E-state index contributed by atoms with van der Waals surface area (Å²) in [4.78, 5) is 26.0. The molecule has 0 spiro atoms. The highest BCUT2D eigenvalue weighted by Crippen LogP contribution is 2.24. The maximum absolute atomic E-state index is 12.7. The molecule has 1 fully saturated rings. The number of rotatable bonds is 6. The molecule has 33 heavy (non-hydrogen) atoms. The molecule has 2 aromatic carbocycles. The first-order valence-corrected chi connectivity index (χ1v) is 11.2. The Hall–Kier alpha value is -3.81. The van der Waals surface area contributed by atoms with Crippen LogP contribution in [0.2, 0.25) is 0 Å². The Morgan fingerprint density at radius 3 is 2.42 bits per heavy atom. The van der Waals surface area contributed by atoms with Gasteiger partial charge in [-0.1, -0.05) is 12.1 Å². The van der Waals surface area contributed by atoms with E-state index in [9.17, 15) is 4.79 Å². The SMILES string of the molecule is CCOc1ccc(NC(=O)c2cnc(N3CCN(c4cc(C)ccc4C)CC3)nc2N)cc1. The average Bonchev–Trinajstić information content (AvgIpc) is 2.82. The molecule has 8 heteroatoms. The van der Waals surface area contributed by atoms with Crippen LogP contribution in [-0.4, -0.2) is 48.7 Å². The highest BCUT2D eigenvalue weighted by Gasteiger charge is 2.22. The molecule has 4 rings (SSSR count). The van der Waals surface area contributed by atoms with Crippen molar-refractivity contribution in [3.8, 4) is 5.75 Å². The van der Waals surface area contributed by atoms with E-state index in [0.29, 0.717) is 18.2 Å². The molecule has 172 valence electrons. The van der Waals surface area contributed by atoms with Crippen LogP contribution in [0.1, 0.15) is 28.4 Å². The number of nitrogens with zero attached hydrogens (tertiary/aromatic N) is 4. The van der Waals surface area contributed by atoms with Crippen LogP contribution in [0.15, 0.2) is 48.7 Å². The zero-order valence-electron chi connectivity index (χ0n) is 19.3. The van der Waals surface area contributed by atoms with Crippen LogP contribution in [0.3, 0.4) is 0 Å². The lowest BCUT2D eigenvalue weighted by Crippen LogP contribution is -2.47. The Morgan fingerprint density at radius 2 is 1.76 bits per heavy atom. The second kappa shape index (κ2) is 9.77. The molecular weight excluding hydrogens is 416 g/mol. The smallest absolute Gasteiger partial charge is 0.260 e. The third-order valence-corrected chi connectivity index (χ3v) is 5.74. The minimum atomic E-state index is -0.344. The van der Waals surface area contributed by atoms with E-state index in [1.165, 1.54) is 23.0 Å². The normalized spacial score (nSPS) is 13.7. The molecule has 0 bridgehead atoms. The standard InChI is InChI=1S/C25H30N6O2/c1-4-33-20-9-7-19(8-10-20)28-24(32)21-16-27-25(29-23(21)26)31-13-11-30(12-14-31)22-15-17(2)5-6-18(22)3/h5-10,15-16H,4,11-14H2,1-3H3,(H,28,32)(H2,26,27,29). The van der Waals surface area contributed by atoms with Crippen LogP contribution < -0.4 is 25.6 Å². The van der Waals surface area contributed by atoms with Gasteiger partial charge < -0.3 is 25.6 Å². The molecule has 3 aromatic rings. The number of ether oxygens (including phenoxy) is 1. The number of nitrogens with two attached hydrogens (primary N) is 1. The van der Waals surface area contributed by atoms with Gasteiger partial charge in [0.05, 0.1) is 6.61 Å². The second-order valence-corrected chi connectivity index (χ2v) is 8.14. The molecule has 0 atom stereocenters. The molecular formula is C25H30N6O2. The van der Waals surface area contributed by atoms with Crippen molar-refractivity contribution in [2.24, 2.45) is 0 Å². The van der Waals surface area contributed by atoms with Crippen LogP contribution >= 0.6 is 0 Å². The summed E-state index contributed by atoms with van der Waals surface area (Å²) < 4.78 is 5.42. The summed E-state index contributed by atoms with van der Waals surface area (Å²) in [7, 11) is 0. The van der Waals surface area contributed by atoms with Crippen LogP contribution in [0, 0.1) is 13.8 Å². The Labute approximate surface area is 194 Å². The van der Waals surface area contributed by atoms with Crippen molar-refractivity contribution in [3.05, 3.63) is 65.4 Å². The minimum absolute atomic E-state index is 0.167. The third-order valence-electron chi connectivity index (χ3n) is 5.74. The van der Waals surface area contributed by atoms with E-state index >= 15 is 0 Å². The van der Waals surface area contributed by atoms with Gasteiger partial charge in [-0.2, -0.15) is 4.98 Å². The summed E-state index contributed by atoms with van der Waals surface area (Å²) in [6, 6.07) is 13.7. The van der Waals surface area contributed by atoms with Crippen molar-refractivity contribution in [2.75, 3.05) is 53.6 Å². The molecule has 0 unspecified atom stereocenters. The monoisotopic (exact) mass is 446 g/mol. The summed E-state index contributed by atoms with van der Waals surface area (Å²) in [5.41, 5.74) is 10.8. The van der Waals surface area contributed by atoms with E-state index in [2.05, 4.69) is 57.1 Å². The lowest BCUT2D eigenvalue weighted by atomic mass is 10.1. The number of benzene rings is 2. The number of piperazine rings is 1. The van der Waals surface area contributed by atoms with Crippen LogP contribution in [0.4, 0.5) is 23.1 Å². The Bertz CT molecular complexity index is 1120. The molecule has 8 nitrogen and oxygen atoms in total. The van der Waals surface area contributed by atoms with Gasteiger partial charge in [-0.3, -0.25) is 4.79 Å². The van der Waals surface area contributed by atoms with E-state index in [1.54, 1.807) is 24.3 Å². The number of aromatic nitrogens is 2. The van der Waals surface area contributed by atoms with E-state index in [-0.39, 0.29) is 17.3 Å². The quantitative estimate of drug-likeness (QED) is 0.596. The van der Waals surface area contributed by atoms with E-state index in [1.807, 2.05) is 6.92 Å². The lowest BCUT2D eigenvalue weighted by Gasteiger charge is -2.37. The molecule has 0 saturated carbocycles. The Morgan fingerprint density at radius 1 is 1.06 bits per heavy atom. The molecule has 1 amide bonds. The van der Waals surface area contributed by atoms with Gasteiger partial charge in [0.2, 0.25) is 5.95 Å². The maximum atomic E-state index is 12.7. The fraction of sp³-hybridized carbons (Fsp3) is 0.320. The Kier molecular flexibility index (Phi) is 6.63. The minimum Gasteiger partial charge on any atom is -0.494 e. The number of carbonyl (C=O) groups excluding carboxylic acids is 1. The average molecular weight is 447 g/mol. The Balaban J connectivity index is 1.39. The molecule has 2 heterocycles. The van der Waals surface area contributed by atoms with Gasteiger partial charge in [0.15, 0.2) is 0 Å². The lowest BCUT2D eigenvalue weighted by molar-refractivity contribution is 0.102. The number of hydrogen-bond acceptors (Lipinski definition) is 7. The number of anilines is 4. The van der Waals surface area contributed by atoms with Crippen LogP contribution in [0.5, 0.6) is 5.75 Å². The number of nitrogens with one attached hydrogen (secondary N) is 1. The van der Waals surface area contributed by atoms with E-state index in [4.69, 9.17) is 10.5 Å². The topological polar surface area (TPSA) is 96.6 Å². The fourth-order valence-corrected chi connectivity index (χ4v) is 3.92. The number of hydrogen-bond donors (Lipinski definition) is 2. The fourth-order valence-electron chi connectivity index (χ4n) is 3.92. The van der Waals surface area contributed by atoms with Gasteiger partial charge in [-0.15, -0.1) is 0 Å². The highest BCUT2D eigenvalue weighted by molar-refractivity contribution is 6.07. The predicted molar refractivity (Wildman–Crippen MR) is 132 cm³/mol. The summed E-state index contributed by atoms with van der Waals surface area (Å²) >= 11 is 0. The molecule has 3 N–H and O–H groups in total. The van der Waals surface area contributed by atoms with Crippen LogP contribution in [0.25, 0.3) is 0 Å². The van der Waals surface area contributed by atoms with E-state index < -0.39 is 0 Å². The third kappa shape index (κ3) is 5.16. The predicted octanol–water partition coefficient (Wildman–Crippen LogP) is 3.65. The van der Waals surface area contributed by atoms with Gasteiger partial charge in [0.1, 0.15) is 17.1 Å². The summed E-state index contributed by atoms with van der Waals surface area (Å²) in [6.45, 7) is 10.1. The van der Waals surface area contributed by atoms with Crippen molar-refractivity contribution in [2.45, 2.75) is 20.8 Å². The van der Waals surface area contributed by atoms with Crippen molar-refractivity contribution >= 4 is 29.0 Å². The summed E-state index contributed by atoms with van der Waals surface area (Å²) in [5.74, 6) is 1.12. The first-order chi connectivity index (χ1) is 15.9. The summed E-state index contributed by atoms with van der Waals surface area (Å²) in [5, 5.41) is 2.83. The van der Waals surface area contributed by atoms with Crippen molar-refractivity contribution < 1.29 is 9.53 Å². The van der Waals surface area contributed by atoms with Gasteiger partial charge in [0, 0.05) is 43.8 Å². The zero-order valence-corrected chi connectivity index (χ0v) is 19.3. The number of aryl methyl sites for hydroxylation is 2. The van der Waals surface area contributed by atoms with Crippen LogP contribution in [-0.2, 0) is 0 Å². The first kappa shape index (κ1) is 22.4. The highest BCUT2D eigenvalue weighted by atomic mass is 16.5. The molecule has 0 radical (unpaired) electrons. The molecule has 1 aromatic heterocycles. The van der Waals surface area contributed by atoms with Gasteiger partial charge in [-0.25, -0.2) is 4.98 Å². The van der Waals surface area contributed by atoms with Crippen molar-refractivity contribution in [3.63, 3.8) is 0 Å². The number of amides is 1. The zero-order chi connectivity index (χ0) is 23.4.